The molecule has 0 saturated carbocycles. The van der Waals surface area contributed by atoms with Crippen molar-refractivity contribution in [1.29, 1.82) is 0 Å². The second-order valence-electron chi connectivity index (χ2n) is 6.69. The van der Waals surface area contributed by atoms with E-state index in [-0.39, 0.29) is 24.5 Å². The molecule has 0 N–H and O–H groups in total. The molecule has 3 nitrogen and oxygen atoms in total. The molecule has 1 aliphatic rings. The number of nitrogens with zero attached hydrogens (tertiary/aromatic N) is 1. The number of likely N-dealkylation sites (tertiary alicyclic amines) is 1. The minimum Gasteiger partial charge on any atom is -0.444 e. The molecule has 0 aliphatic carbocycles. The molecule has 1 aliphatic heterocycles. The molecule has 2 rings (SSSR count). The Morgan fingerprint density at radius 1 is 1.38 bits per heavy atom. The molecular weight excluding hydrogens is 262 g/mol. The summed E-state index contributed by atoms with van der Waals surface area (Å²) < 4.78 is 28.1. The van der Waals surface area contributed by atoms with E-state index in [4.69, 9.17) is 8.85 Å². The van der Waals surface area contributed by atoms with E-state index in [0.717, 1.165) is 5.56 Å². The maximum absolute atomic E-state index is 12.6. The van der Waals surface area contributed by atoms with E-state index in [1.54, 1.807) is 4.90 Å². The van der Waals surface area contributed by atoms with E-state index < -0.39 is 12.5 Å². The van der Waals surface area contributed by atoms with Crippen molar-refractivity contribution in [2.75, 3.05) is 6.54 Å². The normalized spacial score (nSPS) is 25.7. The van der Waals surface area contributed by atoms with Crippen molar-refractivity contribution in [2.45, 2.75) is 58.5 Å². The smallest absolute Gasteiger partial charge is 0.410 e. The van der Waals surface area contributed by atoms with E-state index in [1.807, 2.05) is 51.1 Å². The van der Waals surface area contributed by atoms with Gasteiger partial charge < -0.3 is 9.64 Å². The highest BCUT2D eigenvalue weighted by molar-refractivity contribution is 5.69. The molecule has 3 heteroatoms. The van der Waals surface area contributed by atoms with Crippen LogP contribution in [0.2, 0.25) is 0 Å². The first kappa shape index (κ1) is 12.1. The van der Waals surface area contributed by atoms with Gasteiger partial charge in [-0.05, 0) is 45.1 Å². The zero-order chi connectivity index (χ0) is 18.0. The first-order chi connectivity index (χ1) is 11.1. The number of carbonyl (C=O) groups excluding carboxylic acids is 1. The van der Waals surface area contributed by atoms with Gasteiger partial charge in [-0.3, -0.25) is 0 Å². The number of hydrogen-bond donors (Lipinski definition) is 0. The van der Waals surface area contributed by atoms with Crippen LogP contribution in [0.5, 0.6) is 0 Å². The summed E-state index contributed by atoms with van der Waals surface area (Å²) in [6, 6.07) is 9.65. The van der Waals surface area contributed by atoms with Crippen molar-refractivity contribution in [3.63, 3.8) is 0 Å². The van der Waals surface area contributed by atoms with Gasteiger partial charge in [0.15, 0.2) is 0 Å². The Morgan fingerprint density at radius 2 is 2.10 bits per heavy atom. The lowest BCUT2D eigenvalue weighted by molar-refractivity contribution is 0.00394. The van der Waals surface area contributed by atoms with Gasteiger partial charge in [-0.25, -0.2) is 4.79 Å². The van der Waals surface area contributed by atoms with Gasteiger partial charge in [0.1, 0.15) is 5.60 Å². The summed E-state index contributed by atoms with van der Waals surface area (Å²) >= 11 is 0. The molecule has 116 valence electrons. The summed E-state index contributed by atoms with van der Waals surface area (Å²) in [7, 11) is 0. The minimum atomic E-state index is -1.93. The first-order valence-electron chi connectivity index (χ1n) is 9.10. The summed E-state index contributed by atoms with van der Waals surface area (Å²) in [6.45, 7) is 4.15. The number of benzene rings is 1. The minimum absolute atomic E-state index is 0.0846. The number of rotatable bonds is 2. The monoisotopic (exact) mass is 292 g/mol. The Morgan fingerprint density at radius 3 is 2.71 bits per heavy atom. The fraction of sp³-hybridized carbons (Fsp3) is 0.611. The average molecular weight is 292 g/mol. The van der Waals surface area contributed by atoms with Crippen molar-refractivity contribution < 1.29 is 13.6 Å². The Hall–Kier alpha value is -1.51. The zero-order valence-corrected chi connectivity index (χ0v) is 13.1. The van der Waals surface area contributed by atoms with Crippen LogP contribution in [-0.4, -0.2) is 23.1 Å². The summed E-state index contributed by atoms with van der Waals surface area (Å²) in [5.41, 5.74) is 0.479. The summed E-state index contributed by atoms with van der Waals surface area (Å²) in [5.74, 6) is 0.0846. The molecule has 0 unspecified atom stereocenters. The topological polar surface area (TPSA) is 29.5 Å². The molecule has 0 aromatic heterocycles. The Kier molecular flexibility index (Phi) is 3.74. The Labute approximate surface area is 132 Å². The van der Waals surface area contributed by atoms with Crippen LogP contribution >= 0.6 is 0 Å². The van der Waals surface area contributed by atoms with Gasteiger partial charge in [-0.2, -0.15) is 0 Å². The third-order valence-electron chi connectivity index (χ3n) is 3.81. The van der Waals surface area contributed by atoms with Crippen molar-refractivity contribution in [3.05, 3.63) is 35.9 Å². The van der Waals surface area contributed by atoms with Crippen LogP contribution in [0, 0.1) is 5.92 Å². The SMILES string of the molecule is [2H]C([2H])([2H])C[C@@H]1CCN(C(=O)OC(C)(C)C)[C@H](c2ccccc2)C1. The van der Waals surface area contributed by atoms with E-state index in [0.29, 0.717) is 19.4 Å². The number of carbonyl (C=O) groups is 1. The molecule has 2 atom stereocenters. The lowest BCUT2D eigenvalue weighted by Gasteiger charge is -2.40. The highest BCUT2D eigenvalue weighted by Crippen LogP contribution is 2.36. The quantitative estimate of drug-likeness (QED) is 0.784. The van der Waals surface area contributed by atoms with Crippen LogP contribution in [0.15, 0.2) is 30.3 Å². The van der Waals surface area contributed by atoms with Gasteiger partial charge in [0.2, 0.25) is 0 Å². The fourth-order valence-corrected chi connectivity index (χ4v) is 2.75. The molecule has 1 saturated heterocycles. The number of ether oxygens (including phenoxy) is 1. The highest BCUT2D eigenvalue weighted by atomic mass is 16.6. The van der Waals surface area contributed by atoms with Crippen molar-refractivity contribution in [3.8, 4) is 0 Å². The lowest BCUT2D eigenvalue weighted by atomic mass is 9.86. The van der Waals surface area contributed by atoms with Crippen LogP contribution in [0.25, 0.3) is 0 Å². The van der Waals surface area contributed by atoms with Crippen molar-refractivity contribution >= 4 is 6.09 Å². The molecule has 0 spiro atoms. The van der Waals surface area contributed by atoms with E-state index >= 15 is 0 Å². The molecule has 1 aromatic rings. The molecule has 1 fully saturated rings. The first-order valence-corrected chi connectivity index (χ1v) is 7.60. The fourth-order valence-electron chi connectivity index (χ4n) is 2.75. The second kappa shape index (κ2) is 6.50. The summed E-state index contributed by atoms with van der Waals surface area (Å²) in [6.07, 6.45) is 1.21. The molecule has 1 amide bonds. The molecule has 0 radical (unpaired) electrons. The van der Waals surface area contributed by atoms with Gasteiger partial charge >= 0.3 is 6.09 Å². The Balaban J connectivity index is 2.19. The second-order valence-corrected chi connectivity index (χ2v) is 6.69. The lowest BCUT2D eigenvalue weighted by Crippen LogP contribution is -2.43. The maximum Gasteiger partial charge on any atom is 0.410 e. The third-order valence-corrected chi connectivity index (χ3v) is 3.81. The van der Waals surface area contributed by atoms with Gasteiger partial charge in [-0.15, -0.1) is 0 Å². The van der Waals surface area contributed by atoms with Crippen LogP contribution in [-0.2, 0) is 4.74 Å². The average Bonchev–Trinajstić information content (AvgIpc) is 2.44. The highest BCUT2D eigenvalue weighted by Gasteiger charge is 2.34. The molecular formula is C18H27NO2. The maximum atomic E-state index is 12.6. The van der Waals surface area contributed by atoms with Gasteiger partial charge in [-0.1, -0.05) is 43.6 Å². The van der Waals surface area contributed by atoms with Gasteiger partial charge in [0, 0.05) is 10.7 Å². The number of piperidine rings is 1. The number of amides is 1. The van der Waals surface area contributed by atoms with Crippen LogP contribution in [0.3, 0.4) is 0 Å². The Bertz CT molecular complexity index is 552. The zero-order valence-electron chi connectivity index (χ0n) is 16.1. The van der Waals surface area contributed by atoms with E-state index in [1.165, 1.54) is 0 Å². The third kappa shape index (κ3) is 4.23. The van der Waals surface area contributed by atoms with Gasteiger partial charge in [0.25, 0.3) is 0 Å². The predicted molar refractivity (Wildman–Crippen MR) is 85.1 cm³/mol. The summed E-state index contributed by atoms with van der Waals surface area (Å²) in [5, 5.41) is 0. The molecule has 1 aromatic carbocycles. The standard InChI is InChI=1S/C18H27NO2/c1-5-14-11-12-19(17(20)21-18(2,3)4)16(13-14)15-9-7-6-8-10-15/h6-10,14,16H,5,11-13H2,1-4H3/t14-,16+/m1/s1/i1D3. The van der Waals surface area contributed by atoms with Crippen LogP contribution in [0.4, 0.5) is 4.79 Å². The van der Waals surface area contributed by atoms with Crippen LogP contribution in [0.1, 0.15) is 62.6 Å². The van der Waals surface area contributed by atoms with Crippen molar-refractivity contribution in [2.24, 2.45) is 5.92 Å². The van der Waals surface area contributed by atoms with Crippen LogP contribution < -0.4 is 0 Å². The van der Waals surface area contributed by atoms with Crippen molar-refractivity contribution in [1.82, 2.24) is 4.90 Å². The van der Waals surface area contributed by atoms with Gasteiger partial charge in [0.05, 0.1) is 6.04 Å². The van der Waals surface area contributed by atoms with E-state index in [9.17, 15) is 4.79 Å². The van der Waals surface area contributed by atoms with E-state index in [2.05, 4.69) is 0 Å². The summed E-state index contributed by atoms with van der Waals surface area (Å²) in [4.78, 5) is 14.3. The molecule has 21 heavy (non-hydrogen) atoms. The number of hydrogen-bond acceptors (Lipinski definition) is 2. The largest absolute Gasteiger partial charge is 0.444 e. The molecule has 1 heterocycles. The molecule has 0 bridgehead atoms. The predicted octanol–water partition coefficient (Wildman–Crippen LogP) is 4.78.